The van der Waals surface area contributed by atoms with Crippen molar-refractivity contribution in [2.75, 3.05) is 0 Å². The Morgan fingerprint density at radius 3 is 2.47 bits per heavy atom. The summed E-state index contributed by atoms with van der Waals surface area (Å²) in [5.74, 6) is 1.14. The molecule has 0 atom stereocenters. The molecule has 0 fully saturated rings. The van der Waals surface area contributed by atoms with Crippen molar-refractivity contribution in [1.29, 1.82) is 0 Å². The maximum atomic E-state index is 9.37. The van der Waals surface area contributed by atoms with Crippen LogP contribution in [0.15, 0.2) is 59.0 Å². The maximum absolute atomic E-state index is 9.37. The van der Waals surface area contributed by atoms with E-state index in [0.29, 0.717) is 0 Å². The molecule has 19 heavy (non-hydrogen) atoms. The lowest BCUT2D eigenvalue weighted by molar-refractivity contribution is 0.475. The number of para-hydroxylation sites is 1. The molecule has 0 aliphatic heterocycles. The third-order valence-corrected chi connectivity index (χ3v) is 3.26. The fourth-order valence-electron chi connectivity index (χ4n) is 2.24. The molecule has 0 saturated heterocycles. The predicted octanol–water partition coefficient (Wildman–Crippen LogP) is 4.65. The third kappa shape index (κ3) is 2.17. The SMILES string of the molecule is CCc1cc2ccccc2[o+]c1-c1ccc(O)cc1. The van der Waals surface area contributed by atoms with Crippen LogP contribution in [0.1, 0.15) is 12.5 Å². The van der Waals surface area contributed by atoms with Crippen molar-refractivity contribution in [3.63, 3.8) is 0 Å². The van der Waals surface area contributed by atoms with E-state index < -0.39 is 0 Å². The highest BCUT2D eigenvalue weighted by Gasteiger charge is 2.19. The smallest absolute Gasteiger partial charge is 0.363 e. The molecule has 3 aromatic rings. The number of phenols is 1. The molecule has 0 unspecified atom stereocenters. The van der Waals surface area contributed by atoms with E-state index in [4.69, 9.17) is 4.42 Å². The van der Waals surface area contributed by atoms with Crippen molar-refractivity contribution < 1.29 is 9.52 Å². The van der Waals surface area contributed by atoms with Gasteiger partial charge in [-0.2, -0.15) is 0 Å². The van der Waals surface area contributed by atoms with E-state index in [1.807, 2.05) is 30.3 Å². The molecule has 2 heteroatoms. The number of hydrogen-bond acceptors (Lipinski definition) is 1. The van der Waals surface area contributed by atoms with Gasteiger partial charge in [0.2, 0.25) is 0 Å². The van der Waals surface area contributed by atoms with Gasteiger partial charge < -0.3 is 5.11 Å². The van der Waals surface area contributed by atoms with Gasteiger partial charge >= 0.3 is 11.3 Å². The molecular formula is C17H15O2+. The van der Waals surface area contributed by atoms with E-state index in [9.17, 15) is 5.11 Å². The summed E-state index contributed by atoms with van der Waals surface area (Å²) in [4.78, 5) is 0. The summed E-state index contributed by atoms with van der Waals surface area (Å²) < 4.78 is 6.03. The quantitative estimate of drug-likeness (QED) is 0.672. The monoisotopic (exact) mass is 251 g/mol. The lowest BCUT2D eigenvalue weighted by atomic mass is 10.0. The Bertz CT molecular complexity index is 715. The Hall–Kier alpha value is -2.35. The van der Waals surface area contributed by atoms with Gasteiger partial charge in [-0.05, 0) is 42.8 Å². The van der Waals surface area contributed by atoms with Crippen LogP contribution in [-0.2, 0) is 6.42 Å². The summed E-state index contributed by atoms with van der Waals surface area (Å²) in [6.07, 6.45) is 0.907. The number of hydrogen-bond donors (Lipinski definition) is 1. The van der Waals surface area contributed by atoms with Crippen LogP contribution in [-0.4, -0.2) is 5.11 Å². The normalized spacial score (nSPS) is 10.8. The Kier molecular flexibility index (Phi) is 2.92. The fraction of sp³-hybridized carbons (Fsp3) is 0.118. The zero-order valence-corrected chi connectivity index (χ0v) is 10.8. The number of benzene rings is 2. The second-order valence-electron chi connectivity index (χ2n) is 4.54. The van der Waals surface area contributed by atoms with Gasteiger partial charge in [0.15, 0.2) is 0 Å². The summed E-state index contributed by atoms with van der Waals surface area (Å²) in [5.41, 5.74) is 3.03. The highest BCUT2D eigenvalue weighted by Crippen LogP contribution is 2.30. The first-order valence-electron chi connectivity index (χ1n) is 6.42. The molecule has 2 aromatic carbocycles. The second kappa shape index (κ2) is 4.73. The van der Waals surface area contributed by atoms with Gasteiger partial charge in [-0.1, -0.05) is 19.1 Å². The molecule has 94 valence electrons. The largest absolute Gasteiger partial charge is 0.508 e. The average molecular weight is 251 g/mol. The van der Waals surface area contributed by atoms with Gasteiger partial charge in [0.1, 0.15) is 5.75 Å². The van der Waals surface area contributed by atoms with E-state index in [1.165, 1.54) is 5.56 Å². The van der Waals surface area contributed by atoms with Crippen molar-refractivity contribution in [2.24, 2.45) is 0 Å². The molecule has 0 aliphatic carbocycles. The van der Waals surface area contributed by atoms with E-state index >= 15 is 0 Å². The highest BCUT2D eigenvalue weighted by molar-refractivity contribution is 5.80. The Morgan fingerprint density at radius 1 is 1.00 bits per heavy atom. The van der Waals surface area contributed by atoms with Crippen molar-refractivity contribution in [3.8, 4) is 17.1 Å². The number of phenolic OH excluding ortho intramolecular Hbond substituents is 1. The molecule has 1 heterocycles. The maximum Gasteiger partial charge on any atom is 0.363 e. The summed E-state index contributed by atoms with van der Waals surface area (Å²) in [5, 5.41) is 10.5. The van der Waals surface area contributed by atoms with Crippen LogP contribution in [0, 0.1) is 0 Å². The Morgan fingerprint density at radius 2 is 1.74 bits per heavy atom. The molecule has 0 aliphatic rings. The molecule has 1 N–H and O–H groups in total. The zero-order chi connectivity index (χ0) is 13.2. The molecule has 0 bridgehead atoms. The van der Waals surface area contributed by atoms with Gasteiger partial charge in [0.05, 0.1) is 16.5 Å². The predicted molar refractivity (Wildman–Crippen MR) is 77.1 cm³/mol. The highest BCUT2D eigenvalue weighted by atomic mass is 16.3. The average Bonchev–Trinajstić information content (AvgIpc) is 2.46. The van der Waals surface area contributed by atoms with E-state index in [2.05, 4.69) is 19.1 Å². The van der Waals surface area contributed by atoms with Gasteiger partial charge in [-0.25, -0.2) is 4.42 Å². The minimum absolute atomic E-state index is 0.266. The minimum atomic E-state index is 0.266. The third-order valence-electron chi connectivity index (χ3n) is 3.26. The molecule has 0 saturated carbocycles. The first-order chi connectivity index (χ1) is 9.28. The van der Waals surface area contributed by atoms with Gasteiger partial charge in [-0.3, -0.25) is 0 Å². The van der Waals surface area contributed by atoms with Crippen LogP contribution in [0.25, 0.3) is 22.3 Å². The van der Waals surface area contributed by atoms with Crippen LogP contribution < -0.4 is 0 Å². The summed E-state index contributed by atoms with van der Waals surface area (Å²) in [6, 6.07) is 17.3. The minimum Gasteiger partial charge on any atom is -0.508 e. The molecule has 0 amide bonds. The van der Waals surface area contributed by atoms with Crippen LogP contribution >= 0.6 is 0 Å². The van der Waals surface area contributed by atoms with Crippen LogP contribution in [0.5, 0.6) is 5.75 Å². The summed E-state index contributed by atoms with van der Waals surface area (Å²) >= 11 is 0. The lowest BCUT2D eigenvalue weighted by Gasteiger charge is -2.00. The Balaban J connectivity index is 2.23. The number of rotatable bonds is 2. The lowest BCUT2D eigenvalue weighted by Crippen LogP contribution is -1.88. The van der Waals surface area contributed by atoms with Crippen molar-refractivity contribution in [1.82, 2.24) is 0 Å². The standard InChI is InChI=1S/C17H14O2/c1-2-12-11-14-5-3-4-6-16(14)19-17(12)13-7-9-15(18)10-8-13/h3-11H,2H2,1H3/p+1. The van der Waals surface area contributed by atoms with Gasteiger partial charge in [0, 0.05) is 6.07 Å². The molecule has 0 radical (unpaired) electrons. The topological polar surface area (TPSA) is 31.5 Å². The molecule has 3 rings (SSSR count). The van der Waals surface area contributed by atoms with E-state index in [0.717, 1.165) is 28.7 Å². The van der Waals surface area contributed by atoms with Crippen LogP contribution in [0.4, 0.5) is 0 Å². The van der Waals surface area contributed by atoms with Crippen LogP contribution in [0.3, 0.4) is 0 Å². The molecular weight excluding hydrogens is 236 g/mol. The van der Waals surface area contributed by atoms with Crippen LogP contribution in [0.2, 0.25) is 0 Å². The van der Waals surface area contributed by atoms with Crippen molar-refractivity contribution >= 4 is 11.0 Å². The fourth-order valence-corrected chi connectivity index (χ4v) is 2.24. The first-order valence-corrected chi connectivity index (χ1v) is 6.42. The first kappa shape index (κ1) is 11.7. The van der Waals surface area contributed by atoms with E-state index in [1.54, 1.807) is 12.1 Å². The zero-order valence-electron chi connectivity index (χ0n) is 10.8. The number of aryl methyl sites for hydroxylation is 1. The van der Waals surface area contributed by atoms with Gasteiger partial charge in [0.25, 0.3) is 0 Å². The molecule has 1 aromatic heterocycles. The van der Waals surface area contributed by atoms with Gasteiger partial charge in [-0.15, -0.1) is 0 Å². The van der Waals surface area contributed by atoms with Crippen molar-refractivity contribution in [2.45, 2.75) is 13.3 Å². The Labute approximate surface area is 111 Å². The summed E-state index contributed by atoms with van der Waals surface area (Å²) in [7, 11) is 0. The molecule has 0 spiro atoms. The van der Waals surface area contributed by atoms with Crippen molar-refractivity contribution in [3.05, 3.63) is 60.2 Å². The molecule has 2 nitrogen and oxygen atoms in total. The van der Waals surface area contributed by atoms with E-state index in [-0.39, 0.29) is 5.75 Å². The summed E-state index contributed by atoms with van der Waals surface area (Å²) in [6.45, 7) is 2.11. The second-order valence-corrected chi connectivity index (χ2v) is 4.54. The number of fused-ring (bicyclic) bond motifs is 1. The number of aromatic hydroxyl groups is 1.